The third kappa shape index (κ3) is 4290. The van der Waals surface area contributed by atoms with E-state index in [-0.39, 0.29) is 91.0 Å². The Balaban J connectivity index is -0.0000000270. The van der Waals surface area contributed by atoms with Crippen molar-refractivity contribution in [2.24, 2.45) is 0 Å². The molecule has 0 atom stereocenters. The zero-order valence-electron chi connectivity index (χ0n) is 6.48. The summed E-state index contributed by atoms with van der Waals surface area (Å²) in [6, 6.07) is 0. The zero-order chi connectivity index (χ0) is 10.7. The molecule has 0 radical (unpaired) electrons. The fourth-order valence-electron chi connectivity index (χ4n) is 0. The van der Waals surface area contributed by atoms with Gasteiger partial charge in [0, 0.05) is 0 Å². The largest absolute Gasteiger partial charge is 2.00 e. The minimum absolute atomic E-state index is 0. The van der Waals surface area contributed by atoms with Crippen molar-refractivity contribution in [2.45, 2.75) is 0 Å². The number of hydrogen-bond acceptors (Lipinski definition) is 9. The van der Waals surface area contributed by atoms with Crippen LogP contribution in [0, 0.1) is 30.6 Å². The van der Waals surface area contributed by atoms with E-state index < -0.39 is 16.3 Å². The van der Waals surface area contributed by atoms with Gasteiger partial charge in [-0.3, -0.25) is 0 Å². The molecular formula is CN2O9Sr2. The third-order valence-corrected chi connectivity index (χ3v) is 0. The number of nitrogens with zero attached hydrogens (tertiary/aromatic N) is 2. The van der Waals surface area contributed by atoms with Gasteiger partial charge in [0.15, 0.2) is 0 Å². The fourth-order valence-corrected chi connectivity index (χ4v) is 0. The van der Waals surface area contributed by atoms with E-state index in [1.807, 2.05) is 0 Å². The normalized spacial score (nSPS) is 5.14. The Bertz CT molecular complexity index is 118. The minimum Gasteiger partial charge on any atom is -0.652 e. The first-order valence-electron chi connectivity index (χ1n) is 1.71. The van der Waals surface area contributed by atoms with Gasteiger partial charge in [0.1, 0.15) is 0 Å². The first-order chi connectivity index (χ1) is 5.20. The second-order valence-corrected chi connectivity index (χ2v) is 0.697. The molecule has 0 heterocycles. The van der Waals surface area contributed by atoms with Crippen molar-refractivity contribution in [1.29, 1.82) is 0 Å². The van der Waals surface area contributed by atoms with Gasteiger partial charge in [-0.05, 0) is 6.16 Å². The second-order valence-electron chi connectivity index (χ2n) is 0.697. The molecule has 0 saturated carbocycles. The summed E-state index contributed by atoms with van der Waals surface area (Å²) in [5, 5.41) is 46.2. The summed E-state index contributed by atoms with van der Waals surface area (Å²) in [4.78, 5) is 24.8. The molecule has 72 valence electrons. The molecule has 0 aromatic rings. The van der Waals surface area contributed by atoms with Crippen LogP contribution < -0.4 is 10.2 Å². The SMILES string of the molecule is O=C([O-])[O-].O=[N+]([O-])[O-].O=[N+]([O-])[O-].[Sr+2].[Sr+2]. The van der Waals surface area contributed by atoms with Crippen LogP contribution in [-0.4, -0.2) is 107 Å². The molecule has 13 heteroatoms. The molecule has 0 aromatic carbocycles. The van der Waals surface area contributed by atoms with Crippen molar-refractivity contribution in [1.82, 2.24) is 0 Å². The number of carbonyl (C=O) groups is 1. The number of carbonyl (C=O) groups excluding carboxylic acids is 1. The predicted octanol–water partition coefficient (Wildman–Crippen LogP) is -3.69. The first-order valence-corrected chi connectivity index (χ1v) is 1.71. The molecule has 14 heavy (non-hydrogen) atoms. The van der Waals surface area contributed by atoms with Crippen molar-refractivity contribution in [3.63, 3.8) is 0 Å². The quantitative estimate of drug-likeness (QED) is 0.237. The Morgan fingerprint density at radius 1 is 0.786 bits per heavy atom. The van der Waals surface area contributed by atoms with E-state index >= 15 is 0 Å². The van der Waals surface area contributed by atoms with Crippen LogP contribution >= 0.6 is 0 Å². The Hall–Kier alpha value is 0.631. The summed E-state index contributed by atoms with van der Waals surface area (Å²) in [6.07, 6.45) is -2.33. The van der Waals surface area contributed by atoms with Crippen LogP contribution in [-0.2, 0) is 0 Å². The van der Waals surface area contributed by atoms with Gasteiger partial charge in [-0.1, -0.05) is 0 Å². The maximum atomic E-state index is 8.33. The van der Waals surface area contributed by atoms with Crippen molar-refractivity contribution in [3.05, 3.63) is 30.6 Å². The van der Waals surface area contributed by atoms with Crippen LogP contribution in [0.1, 0.15) is 0 Å². The number of hydrogen-bond donors (Lipinski definition) is 0. The van der Waals surface area contributed by atoms with Crippen molar-refractivity contribution in [3.8, 4) is 0 Å². The molecule has 0 fully saturated rings. The molecule has 0 saturated heterocycles. The molecule has 0 N–H and O–H groups in total. The van der Waals surface area contributed by atoms with E-state index in [0.717, 1.165) is 0 Å². The van der Waals surface area contributed by atoms with Gasteiger partial charge < -0.3 is 45.7 Å². The van der Waals surface area contributed by atoms with E-state index in [4.69, 9.17) is 45.7 Å². The van der Waals surface area contributed by atoms with Crippen LogP contribution in [0.4, 0.5) is 4.79 Å². The molecule has 0 rings (SSSR count). The average Bonchev–Trinajstić information content (AvgIpc) is 1.54. The molecule has 0 aromatic heterocycles. The van der Waals surface area contributed by atoms with Gasteiger partial charge in [-0.2, -0.15) is 0 Å². The smallest absolute Gasteiger partial charge is 0.652 e. The molecule has 0 spiro atoms. The maximum absolute atomic E-state index is 8.33. The van der Waals surface area contributed by atoms with Crippen LogP contribution in [0.25, 0.3) is 0 Å². The molecule has 0 aliphatic carbocycles. The number of carboxylic acid groups (broad SMARTS) is 2. The standard InChI is InChI=1S/CH2O3.2NO3.2Sr/c3*2-1(3)4;;/h(H2,2,3,4);;;;/q;2*-1;2*+2/p-2. The van der Waals surface area contributed by atoms with Crippen LogP contribution in [0.2, 0.25) is 0 Å². The summed E-state index contributed by atoms with van der Waals surface area (Å²) in [5.41, 5.74) is 0. The fraction of sp³-hybridized carbons (Fsp3) is 0. The third-order valence-electron chi connectivity index (χ3n) is 0. The van der Waals surface area contributed by atoms with E-state index in [9.17, 15) is 0 Å². The zero-order valence-corrected chi connectivity index (χ0v) is 13.4. The number of rotatable bonds is 0. The van der Waals surface area contributed by atoms with E-state index in [2.05, 4.69) is 0 Å². The first kappa shape index (κ1) is 29.3. The van der Waals surface area contributed by atoms with Gasteiger partial charge >= 0.3 is 91.0 Å². The molecule has 0 amide bonds. The van der Waals surface area contributed by atoms with E-state index in [1.165, 1.54) is 0 Å². The monoisotopic (exact) mass is 360 g/mol. The van der Waals surface area contributed by atoms with Gasteiger partial charge in [0.25, 0.3) is 0 Å². The van der Waals surface area contributed by atoms with Crippen molar-refractivity contribution >= 4 is 97.1 Å². The summed E-state index contributed by atoms with van der Waals surface area (Å²) >= 11 is 0. The molecule has 0 unspecified atom stereocenters. The Morgan fingerprint density at radius 3 is 0.786 bits per heavy atom. The summed E-state index contributed by atoms with van der Waals surface area (Å²) in [6.45, 7) is 0. The molecule has 11 nitrogen and oxygen atoms in total. The molecular weight excluding hydrogens is 359 g/mol. The summed E-state index contributed by atoms with van der Waals surface area (Å²) in [7, 11) is 0. The predicted molar refractivity (Wildman–Crippen MR) is 37.6 cm³/mol. The Labute approximate surface area is 150 Å². The van der Waals surface area contributed by atoms with Crippen LogP contribution in [0.15, 0.2) is 0 Å². The molecule has 0 bridgehead atoms. The second kappa shape index (κ2) is 23.4. The minimum atomic E-state index is -2.33. The average molecular weight is 359 g/mol. The summed E-state index contributed by atoms with van der Waals surface area (Å²) in [5.74, 6) is 0. The van der Waals surface area contributed by atoms with Gasteiger partial charge in [-0.25, -0.2) is 0 Å². The summed E-state index contributed by atoms with van der Waals surface area (Å²) < 4.78 is 0. The van der Waals surface area contributed by atoms with Gasteiger partial charge in [-0.15, -0.1) is 0 Å². The van der Waals surface area contributed by atoms with E-state index in [1.54, 1.807) is 0 Å². The van der Waals surface area contributed by atoms with E-state index in [0.29, 0.717) is 0 Å². The maximum Gasteiger partial charge on any atom is 2.00 e. The van der Waals surface area contributed by atoms with Crippen LogP contribution in [0.5, 0.6) is 0 Å². The van der Waals surface area contributed by atoms with Crippen LogP contribution in [0.3, 0.4) is 0 Å². The Kier molecular flexibility index (Phi) is 49.1. The van der Waals surface area contributed by atoms with Crippen molar-refractivity contribution in [2.75, 3.05) is 0 Å². The molecule has 0 aliphatic heterocycles. The van der Waals surface area contributed by atoms with Crippen molar-refractivity contribution < 1.29 is 25.2 Å². The topological polar surface area (TPSA) is 196 Å². The Morgan fingerprint density at radius 2 is 0.786 bits per heavy atom. The van der Waals surface area contributed by atoms with Gasteiger partial charge in [0.2, 0.25) is 0 Å². The molecule has 0 aliphatic rings. The van der Waals surface area contributed by atoms with Gasteiger partial charge in [0.05, 0.1) is 10.2 Å².